The van der Waals surface area contributed by atoms with Crippen molar-refractivity contribution in [2.24, 2.45) is 5.16 Å². The van der Waals surface area contributed by atoms with Gasteiger partial charge in [0.15, 0.2) is 6.10 Å². The highest BCUT2D eigenvalue weighted by molar-refractivity contribution is 6.01. The van der Waals surface area contributed by atoms with Gasteiger partial charge in [-0.2, -0.15) is 0 Å². The summed E-state index contributed by atoms with van der Waals surface area (Å²) in [6.07, 6.45) is 4.23. The molecule has 4 heteroatoms. The lowest BCUT2D eigenvalue weighted by molar-refractivity contribution is 0.0857. The summed E-state index contributed by atoms with van der Waals surface area (Å²) in [5, 5.41) is 4.13. The maximum Gasteiger partial charge on any atom is 0.158 e. The van der Waals surface area contributed by atoms with Gasteiger partial charge in [0.1, 0.15) is 0 Å². The molecule has 3 rings (SSSR count). The van der Waals surface area contributed by atoms with Gasteiger partial charge >= 0.3 is 0 Å². The predicted octanol–water partition coefficient (Wildman–Crippen LogP) is 2.86. The first-order valence-electron chi connectivity index (χ1n) is 5.77. The number of nitrogens with one attached hydrogen (secondary N) is 1. The van der Waals surface area contributed by atoms with E-state index < -0.39 is 0 Å². The van der Waals surface area contributed by atoms with Crippen molar-refractivity contribution in [3.63, 3.8) is 0 Å². The second-order valence-electron chi connectivity index (χ2n) is 4.19. The van der Waals surface area contributed by atoms with Crippen LogP contribution in [0.4, 0.5) is 5.69 Å². The highest BCUT2D eigenvalue weighted by Crippen LogP contribution is 2.29. The Morgan fingerprint density at radius 2 is 1.78 bits per heavy atom. The lowest BCUT2D eigenvalue weighted by atomic mass is 10.0. The zero-order valence-corrected chi connectivity index (χ0v) is 9.71. The van der Waals surface area contributed by atoms with Gasteiger partial charge in [-0.15, -0.1) is 0 Å². The molecule has 2 aromatic rings. The summed E-state index contributed by atoms with van der Waals surface area (Å²) in [5.41, 5.74) is 11.0. The first kappa shape index (κ1) is 10.8. The zero-order valence-electron chi connectivity index (χ0n) is 9.71. The average Bonchev–Trinajstić information content (AvgIpc) is 2.90. The van der Waals surface area contributed by atoms with Crippen molar-refractivity contribution < 1.29 is 4.84 Å². The van der Waals surface area contributed by atoms with Gasteiger partial charge in [0.2, 0.25) is 0 Å². The summed E-state index contributed by atoms with van der Waals surface area (Å²) < 4.78 is 0. The molecular formula is C14H12N3O. The predicted molar refractivity (Wildman–Crippen MR) is 68.4 cm³/mol. The van der Waals surface area contributed by atoms with Crippen molar-refractivity contribution in [2.45, 2.75) is 12.5 Å². The van der Waals surface area contributed by atoms with Crippen LogP contribution in [0.2, 0.25) is 0 Å². The Morgan fingerprint density at radius 1 is 1.06 bits per heavy atom. The number of pyridine rings is 1. The van der Waals surface area contributed by atoms with E-state index in [-0.39, 0.29) is 6.10 Å². The molecule has 18 heavy (non-hydrogen) atoms. The fourth-order valence-electron chi connectivity index (χ4n) is 1.97. The van der Waals surface area contributed by atoms with Gasteiger partial charge in [-0.3, -0.25) is 4.98 Å². The van der Waals surface area contributed by atoms with Gasteiger partial charge in [-0.05, 0) is 35.4 Å². The Morgan fingerprint density at radius 3 is 2.50 bits per heavy atom. The third kappa shape index (κ3) is 2.05. The van der Waals surface area contributed by atoms with E-state index in [0.29, 0.717) is 5.69 Å². The second kappa shape index (κ2) is 4.49. The number of hydrogen-bond donors (Lipinski definition) is 0. The van der Waals surface area contributed by atoms with Crippen LogP contribution in [-0.4, -0.2) is 10.7 Å². The Bertz CT molecular complexity index is 563. The van der Waals surface area contributed by atoms with Gasteiger partial charge in [0, 0.05) is 18.8 Å². The van der Waals surface area contributed by atoms with Crippen LogP contribution in [0.5, 0.6) is 0 Å². The standard InChI is InChI=1S/C14H12N3O/c15-12-3-1-10(2-4-12)13-9-14(18-17-13)11-5-7-16-8-6-11/h1-8,14-15H,9H2. The molecule has 1 N–H and O–H groups in total. The summed E-state index contributed by atoms with van der Waals surface area (Å²) in [6.45, 7) is 0. The Kier molecular flexibility index (Phi) is 2.68. The summed E-state index contributed by atoms with van der Waals surface area (Å²) >= 11 is 0. The van der Waals surface area contributed by atoms with E-state index in [1.807, 2.05) is 24.3 Å². The zero-order chi connectivity index (χ0) is 12.4. The number of aromatic nitrogens is 1. The quantitative estimate of drug-likeness (QED) is 0.807. The van der Waals surface area contributed by atoms with Crippen molar-refractivity contribution in [2.75, 3.05) is 0 Å². The molecule has 1 atom stereocenters. The van der Waals surface area contributed by atoms with E-state index in [1.54, 1.807) is 24.5 Å². The molecule has 1 aliphatic rings. The largest absolute Gasteiger partial charge is 0.387 e. The molecule has 0 amide bonds. The van der Waals surface area contributed by atoms with Crippen LogP contribution in [0.3, 0.4) is 0 Å². The first-order valence-corrected chi connectivity index (χ1v) is 5.77. The normalized spacial score (nSPS) is 18.2. The molecule has 0 saturated heterocycles. The average molecular weight is 238 g/mol. The number of oxime groups is 1. The van der Waals surface area contributed by atoms with Crippen LogP contribution in [-0.2, 0) is 4.84 Å². The van der Waals surface area contributed by atoms with E-state index in [0.717, 1.165) is 23.3 Å². The van der Waals surface area contributed by atoms with Crippen molar-refractivity contribution in [3.05, 3.63) is 59.9 Å². The third-order valence-electron chi connectivity index (χ3n) is 2.96. The van der Waals surface area contributed by atoms with Crippen LogP contribution in [0.25, 0.3) is 0 Å². The molecule has 0 bridgehead atoms. The van der Waals surface area contributed by atoms with E-state index in [1.165, 1.54) is 0 Å². The molecule has 1 radical (unpaired) electrons. The van der Waals surface area contributed by atoms with Crippen LogP contribution in [0.15, 0.2) is 53.9 Å². The van der Waals surface area contributed by atoms with Crippen LogP contribution in [0.1, 0.15) is 23.7 Å². The van der Waals surface area contributed by atoms with Crippen LogP contribution >= 0.6 is 0 Å². The Labute approximate surface area is 105 Å². The molecule has 0 fully saturated rings. The monoisotopic (exact) mass is 238 g/mol. The highest BCUT2D eigenvalue weighted by Gasteiger charge is 2.23. The first-order chi connectivity index (χ1) is 8.83. The number of rotatable bonds is 2. The molecule has 2 heterocycles. The van der Waals surface area contributed by atoms with Crippen LogP contribution in [0, 0.1) is 0 Å². The highest BCUT2D eigenvalue weighted by atomic mass is 16.6. The molecule has 1 aliphatic heterocycles. The number of nitrogens with zero attached hydrogens (tertiary/aromatic N) is 2. The SMILES string of the molecule is [NH]c1ccc(C2=NOC(c3ccncc3)C2)cc1. The summed E-state index contributed by atoms with van der Waals surface area (Å²) in [5.74, 6) is 0. The van der Waals surface area contributed by atoms with E-state index >= 15 is 0 Å². The maximum atomic E-state index is 7.46. The fourth-order valence-corrected chi connectivity index (χ4v) is 1.97. The summed E-state index contributed by atoms with van der Waals surface area (Å²) in [7, 11) is 0. The molecule has 1 aromatic heterocycles. The van der Waals surface area contributed by atoms with Crippen molar-refractivity contribution >= 4 is 11.4 Å². The molecule has 0 saturated carbocycles. The third-order valence-corrected chi connectivity index (χ3v) is 2.96. The number of hydrogen-bond acceptors (Lipinski definition) is 3. The lowest BCUT2D eigenvalue weighted by Crippen LogP contribution is -2.01. The van der Waals surface area contributed by atoms with E-state index in [4.69, 9.17) is 10.6 Å². The van der Waals surface area contributed by atoms with Gasteiger partial charge < -0.3 is 10.6 Å². The molecule has 1 unspecified atom stereocenters. The molecule has 89 valence electrons. The Hall–Kier alpha value is -2.36. The molecular weight excluding hydrogens is 226 g/mol. The Balaban J connectivity index is 1.77. The van der Waals surface area contributed by atoms with Gasteiger partial charge in [-0.25, -0.2) is 0 Å². The molecule has 0 aliphatic carbocycles. The number of benzene rings is 1. The van der Waals surface area contributed by atoms with Crippen molar-refractivity contribution in [1.29, 1.82) is 0 Å². The van der Waals surface area contributed by atoms with Gasteiger partial charge in [0.25, 0.3) is 0 Å². The topological polar surface area (TPSA) is 58.3 Å². The van der Waals surface area contributed by atoms with Crippen LogP contribution < -0.4 is 5.73 Å². The fraction of sp³-hybridized carbons (Fsp3) is 0.143. The molecule has 4 nitrogen and oxygen atoms in total. The minimum absolute atomic E-state index is 0.0290. The molecule has 1 aromatic carbocycles. The minimum Gasteiger partial charge on any atom is -0.387 e. The van der Waals surface area contributed by atoms with Gasteiger partial charge in [0.05, 0.1) is 11.4 Å². The van der Waals surface area contributed by atoms with Gasteiger partial charge in [-0.1, -0.05) is 17.3 Å². The van der Waals surface area contributed by atoms with E-state index in [9.17, 15) is 0 Å². The maximum absolute atomic E-state index is 7.46. The minimum atomic E-state index is -0.0290. The van der Waals surface area contributed by atoms with Crippen molar-refractivity contribution in [1.82, 2.24) is 10.7 Å². The summed E-state index contributed by atoms with van der Waals surface area (Å²) in [6, 6.07) is 11.2. The molecule has 0 spiro atoms. The summed E-state index contributed by atoms with van der Waals surface area (Å²) in [4.78, 5) is 9.44. The van der Waals surface area contributed by atoms with E-state index in [2.05, 4.69) is 10.1 Å². The second-order valence-corrected chi connectivity index (χ2v) is 4.19. The smallest absolute Gasteiger partial charge is 0.158 e. The lowest BCUT2D eigenvalue weighted by Gasteiger charge is -2.07. The van der Waals surface area contributed by atoms with Crippen molar-refractivity contribution in [3.8, 4) is 0 Å².